The molecule has 71 heavy (non-hydrogen) atoms. The van der Waals surface area contributed by atoms with Gasteiger partial charge in [0.15, 0.2) is 0 Å². The molecule has 21 heteroatoms. The van der Waals surface area contributed by atoms with E-state index in [9.17, 15) is 56.7 Å². The van der Waals surface area contributed by atoms with Gasteiger partial charge in [-0.15, -0.1) is 11.3 Å². The largest absolute Gasteiger partial charge is 0.488 e. The van der Waals surface area contributed by atoms with Gasteiger partial charge in [0.2, 0.25) is 29.5 Å². The lowest BCUT2D eigenvalue weighted by Crippen LogP contribution is -2.59. The van der Waals surface area contributed by atoms with Crippen molar-refractivity contribution in [1.82, 2.24) is 30.7 Å². The molecular formula is C50H53F2N6O11PS. The lowest BCUT2D eigenvalue weighted by Gasteiger charge is -2.36. The van der Waals surface area contributed by atoms with Crippen molar-refractivity contribution in [2.45, 2.75) is 108 Å². The summed E-state index contributed by atoms with van der Waals surface area (Å²) in [7, 11) is -5.84. The number of ether oxygens (including phenoxy) is 1. The van der Waals surface area contributed by atoms with Gasteiger partial charge in [0.1, 0.15) is 36.0 Å². The third-order valence-electron chi connectivity index (χ3n) is 13.1. The Bertz CT molecular complexity index is 2910. The zero-order valence-electron chi connectivity index (χ0n) is 39.1. The maximum Gasteiger partial charge on any atom is 0.399 e. The molecule has 5 N–H and O–H groups in total. The van der Waals surface area contributed by atoms with Gasteiger partial charge in [0.25, 0.3) is 11.8 Å². The van der Waals surface area contributed by atoms with Crippen molar-refractivity contribution in [2.75, 3.05) is 19.6 Å². The topological polar surface area (TPSA) is 232 Å². The fraction of sp³-hybridized carbons (Fsp3) is 0.420. The number of unbranched alkanes of at least 4 members (excludes halogenated alkanes) is 1. The summed E-state index contributed by atoms with van der Waals surface area (Å²) in [4.78, 5) is 117. The molecule has 1 aromatic heterocycles. The van der Waals surface area contributed by atoms with Crippen LogP contribution in [0.1, 0.15) is 102 Å². The molecule has 5 atom stereocenters. The number of fused-ring (bicyclic) bond motifs is 2. The van der Waals surface area contributed by atoms with Crippen LogP contribution in [-0.2, 0) is 40.7 Å². The molecule has 5 heterocycles. The van der Waals surface area contributed by atoms with Crippen LogP contribution >= 0.6 is 18.9 Å². The molecule has 0 spiro atoms. The highest BCUT2D eigenvalue weighted by atomic mass is 32.1. The van der Waals surface area contributed by atoms with Crippen molar-refractivity contribution in [2.24, 2.45) is 5.41 Å². The Labute approximate surface area is 411 Å². The first-order valence-corrected chi connectivity index (χ1v) is 25.7. The lowest BCUT2D eigenvalue weighted by atomic mass is 9.85. The predicted octanol–water partition coefficient (Wildman–Crippen LogP) is 5.02. The molecule has 8 rings (SSSR count). The number of halogens is 2. The van der Waals surface area contributed by atoms with Gasteiger partial charge in [0.05, 0.1) is 11.4 Å². The van der Waals surface area contributed by atoms with E-state index in [1.54, 1.807) is 63.2 Å². The number of carbonyl (C=O) groups is 7. The smallest absolute Gasteiger partial charge is 0.399 e. The van der Waals surface area contributed by atoms with Gasteiger partial charge in [-0.25, -0.2) is 0 Å². The van der Waals surface area contributed by atoms with E-state index in [1.165, 1.54) is 26.8 Å². The van der Waals surface area contributed by atoms with E-state index in [4.69, 9.17) is 4.74 Å². The number of carbonyl (C=O) groups excluding carboxylic acids is 7. The Balaban J connectivity index is 0.923. The van der Waals surface area contributed by atoms with Crippen molar-refractivity contribution in [3.8, 4) is 17.6 Å². The van der Waals surface area contributed by atoms with E-state index in [2.05, 4.69) is 27.8 Å². The molecule has 17 nitrogen and oxygen atoms in total. The van der Waals surface area contributed by atoms with Crippen molar-refractivity contribution in [3.05, 3.63) is 99.9 Å². The Morgan fingerprint density at radius 1 is 0.972 bits per heavy atom. The standard InChI is InChI=1S/C50H53F2N6O11PS/c1-49(2,3)42(55-45(62)40-25-30-24-31(18-20-39(30)71-40)50(51,52)70(66,67)68)48(65)56-23-11-17-37(56)47(64)57-27-33(69-32-14-7-4-8-15-32)26-38(57)43(60)53-22-9-5-6-12-29-13-10-16-34-35(29)28-58(46(34)63)36-19-21-41(59)54-44(36)61/h4,7-8,10,13-16,18,20,24-25,33,36-38,42H,5,9,11,17,19,21-23,26-28H2,1-3H3,(H,53,60)(H,55,62)(H,54,59,61)(H2,66,67,68)/t33-,36?,37-,38-,42+/m0/s1. The molecule has 4 aliphatic heterocycles. The second kappa shape index (κ2) is 20.3. The molecule has 4 aliphatic rings. The number of rotatable bonds is 13. The highest BCUT2D eigenvalue weighted by Gasteiger charge is 2.51. The lowest BCUT2D eigenvalue weighted by molar-refractivity contribution is -0.148. The summed E-state index contributed by atoms with van der Waals surface area (Å²) in [6.45, 7) is 5.92. The number of nitrogens with one attached hydrogen (secondary N) is 3. The molecule has 0 bridgehead atoms. The van der Waals surface area contributed by atoms with E-state index in [-0.39, 0.29) is 67.5 Å². The average molecular weight is 1020 g/mol. The Morgan fingerprint density at radius 2 is 1.73 bits per heavy atom. The first-order chi connectivity index (χ1) is 33.6. The van der Waals surface area contributed by atoms with Crippen LogP contribution in [0.4, 0.5) is 8.78 Å². The average Bonchev–Trinajstić information content (AvgIpc) is 4.14. The van der Waals surface area contributed by atoms with E-state index in [0.29, 0.717) is 52.8 Å². The van der Waals surface area contributed by atoms with E-state index >= 15 is 0 Å². The number of hydrogen-bond donors (Lipinski definition) is 5. The Morgan fingerprint density at radius 3 is 2.45 bits per heavy atom. The molecule has 3 aromatic carbocycles. The number of thiophene rings is 1. The first kappa shape index (κ1) is 50.9. The summed E-state index contributed by atoms with van der Waals surface area (Å²) in [6, 6.07) is 14.7. The van der Waals surface area contributed by atoms with Crippen LogP contribution in [0.5, 0.6) is 5.75 Å². The summed E-state index contributed by atoms with van der Waals surface area (Å²) in [5.41, 5.74) is -4.45. The number of piperidine rings is 1. The van der Waals surface area contributed by atoms with Gasteiger partial charge < -0.3 is 39.9 Å². The van der Waals surface area contributed by atoms with Gasteiger partial charge in [-0.3, -0.25) is 43.4 Å². The maximum absolute atomic E-state index is 14.7. The van der Waals surface area contributed by atoms with Crippen LogP contribution in [0.3, 0.4) is 0 Å². The van der Waals surface area contributed by atoms with Gasteiger partial charge >= 0.3 is 13.3 Å². The van der Waals surface area contributed by atoms with Crippen LogP contribution in [0.25, 0.3) is 10.1 Å². The highest BCUT2D eigenvalue weighted by molar-refractivity contribution is 7.52. The van der Waals surface area contributed by atoms with Crippen molar-refractivity contribution in [1.29, 1.82) is 0 Å². The number of hydrogen-bond acceptors (Lipinski definition) is 10. The summed E-state index contributed by atoms with van der Waals surface area (Å²) >= 11 is 0.949. The number of para-hydroxylation sites is 1. The predicted molar refractivity (Wildman–Crippen MR) is 256 cm³/mol. The number of likely N-dealkylation sites (tertiary alicyclic amines) is 2. The van der Waals surface area contributed by atoms with Crippen molar-refractivity contribution < 1.29 is 61.4 Å². The maximum atomic E-state index is 14.7. The fourth-order valence-corrected chi connectivity index (χ4v) is 10.9. The summed E-state index contributed by atoms with van der Waals surface area (Å²) in [6.07, 6.45) is 1.63. The minimum atomic E-state index is -5.84. The normalized spacial score (nSPS) is 20.8. The number of nitrogens with zero attached hydrogens (tertiary/aromatic N) is 3. The molecule has 3 fully saturated rings. The van der Waals surface area contributed by atoms with Crippen LogP contribution in [0.15, 0.2) is 72.8 Å². The van der Waals surface area contributed by atoms with Gasteiger partial charge in [-0.1, -0.05) is 62.9 Å². The first-order valence-electron chi connectivity index (χ1n) is 23.3. The zero-order valence-corrected chi connectivity index (χ0v) is 40.8. The van der Waals surface area contributed by atoms with Gasteiger partial charge in [0, 0.05) is 60.3 Å². The second-order valence-electron chi connectivity index (χ2n) is 19.1. The van der Waals surface area contributed by atoms with E-state index < -0.39 is 84.0 Å². The highest BCUT2D eigenvalue weighted by Crippen LogP contribution is 2.59. The molecule has 0 saturated carbocycles. The molecule has 0 aliphatic carbocycles. The number of alkyl halides is 2. The molecular weight excluding hydrogens is 962 g/mol. The van der Waals surface area contributed by atoms with Crippen LogP contribution in [0, 0.1) is 17.3 Å². The second-order valence-corrected chi connectivity index (χ2v) is 21.9. The van der Waals surface area contributed by atoms with Crippen molar-refractivity contribution in [3.63, 3.8) is 0 Å². The van der Waals surface area contributed by atoms with Crippen LogP contribution in [0.2, 0.25) is 0 Å². The number of amides is 7. The zero-order chi connectivity index (χ0) is 51.0. The molecule has 0 radical (unpaired) electrons. The molecule has 1 unspecified atom stereocenters. The van der Waals surface area contributed by atoms with Gasteiger partial charge in [-0.05, 0) is 84.5 Å². The third-order valence-corrected chi connectivity index (χ3v) is 15.2. The fourth-order valence-electron chi connectivity index (χ4n) is 9.44. The minimum Gasteiger partial charge on any atom is -0.488 e. The minimum absolute atomic E-state index is 0.0623. The van der Waals surface area contributed by atoms with Crippen molar-refractivity contribution >= 4 is 70.4 Å². The molecule has 7 amide bonds. The molecule has 374 valence electrons. The number of benzene rings is 3. The SMILES string of the molecule is CC(C)(C)[C@H](NC(=O)c1cc2cc(C(F)(F)P(=O)(O)O)ccc2s1)C(=O)N1CCC[C@H]1C(=O)N1C[C@@H](Oc2ccccc2)C[C@H]1C(=O)NCCCC#Cc1cccc2c1CN(C1CCC(=O)NC1=O)C2=O. The Kier molecular flexibility index (Phi) is 14.5. The summed E-state index contributed by atoms with van der Waals surface area (Å²) < 4.78 is 47.2. The molecule has 4 aromatic rings. The van der Waals surface area contributed by atoms with E-state index in [0.717, 1.165) is 23.5 Å². The quantitative estimate of drug-likeness (QED) is 0.0517. The van der Waals surface area contributed by atoms with Crippen LogP contribution < -0.4 is 20.7 Å². The third kappa shape index (κ3) is 10.7. The number of imide groups is 1. The molecule has 3 saturated heterocycles. The summed E-state index contributed by atoms with van der Waals surface area (Å²) in [5.74, 6) is 3.58. The monoisotopic (exact) mass is 1010 g/mol. The summed E-state index contributed by atoms with van der Waals surface area (Å²) in [5, 5.41) is 8.20. The van der Waals surface area contributed by atoms with Gasteiger partial charge in [-0.2, -0.15) is 8.78 Å². The Hall–Kier alpha value is -6.52. The van der Waals surface area contributed by atoms with E-state index in [1.807, 2.05) is 6.07 Å². The van der Waals surface area contributed by atoms with Crippen LogP contribution in [-0.4, -0.2) is 116 Å².